The summed E-state index contributed by atoms with van der Waals surface area (Å²) in [7, 11) is 1.67. The van der Waals surface area contributed by atoms with Crippen molar-refractivity contribution in [1.82, 2.24) is 25.1 Å². The molecule has 4 heterocycles. The van der Waals surface area contributed by atoms with Crippen LogP contribution in [0, 0.1) is 12.7 Å². The maximum atomic E-state index is 15.6. The van der Waals surface area contributed by atoms with E-state index >= 15 is 4.39 Å². The number of ether oxygens (including phenoxy) is 3. The molecule has 14 nitrogen and oxygen atoms in total. The summed E-state index contributed by atoms with van der Waals surface area (Å²) in [5.74, 6) is -2.41. The molecule has 0 radical (unpaired) electrons. The van der Waals surface area contributed by atoms with Gasteiger partial charge in [-0.15, -0.1) is 0 Å². The summed E-state index contributed by atoms with van der Waals surface area (Å²) in [4.78, 5) is 74.1. The van der Waals surface area contributed by atoms with Gasteiger partial charge >= 0.3 is 12.1 Å². The Morgan fingerprint density at radius 2 is 1.67 bits per heavy atom. The largest absolute Gasteiger partial charge is 0.458 e. The van der Waals surface area contributed by atoms with Crippen molar-refractivity contribution in [3.63, 3.8) is 0 Å². The SMILES string of the molecule is CC[C@@]1(O)C(=O)OCc2c1cc1n(c2=O)Cc2c-1nc1cc(F)c(C)c3c1c2[C@@H](N(C)C(=O)C(OCNC(=O)CNC(=O)OCC1c2ccccc2-c2ccccc21)c1ccccc1)CC3. The number of likely N-dealkylation sites (N-methyl/N-ethyl adjacent to an activating group) is 1. The van der Waals surface area contributed by atoms with Crippen LogP contribution in [0.2, 0.25) is 0 Å². The van der Waals surface area contributed by atoms with Gasteiger partial charge in [-0.25, -0.2) is 19.0 Å². The van der Waals surface area contributed by atoms with Gasteiger partial charge in [0.2, 0.25) is 5.91 Å². The number of hydrogen-bond acceptors (Lipinski definition) is 10. The van der Waals surface area contributed by atoms with Crippen LogP contribution >= 0.6 is 0 Å². The molecule has 2 aliphatic carbocycles. The summed E-state index contributed by atoms with van der Waals surface area (Å²) in [6.07, 6.45) is -1.12. The highest BCUT2D eigenvalue weighted by Gasteiger charge is 2.46. The van der Waals surface area contributed by atoms with Gasteiger partial charge in [0.15, 0.2) is 11.7 Å². The second-order valence-corrected chi connectivity index (χ2v) is 17.2. The first-order valence-corrected chi connectivity index (χ1v) is 22.0. The van der Waals surface area contributed by atoms with E-state index in [-0.39, 0.29) is 50.0 Å². The van der Waals surface area contributed by atoms with Crippen LogP contribution in [0.1, 0.15) is 87.9 Å². The number of cyclic esters (lactones) is 1. The Balaban J connectivity index is 0.875. The Kier molecular flexibility index (Phi) is 10.8. The monoisotopic (exact) mass is 891 g/mol. The minimum atomic E-state index is -2.03. The number of aromatic nitrogens is 2. The minimum absolute atomic E-state index is 0.0275. The topological polar surface area (TPSA) is 178 Å². The van der Waals surface area contributed by atoms with Crippen molar-refractivity contribution in [2.45, 2.75) is 69.9 Å². The molecule has 336 valence electrons. The number of hydrogen-bond donors (Lipinski definition) is 3. The summed E-state index contributed by atoms with van der Waals surface area (Å²) in [5.41, 5.74) is 6.42. The van der Waals surface area contributed by atoms with Gasteiger partial charge < -0.3 is 39.4 Å². The standard InChI is InChI=1S/C51H46FN5O9/c1-4-51(63)37-20-41-45-34(23-57(41)47(59)36(37)25-64-49(51)61)44-40(19-18-29-27(2)38(52)21-39(55-45)43(29)44)56(3)48(60)46(28-12-6-5-7-13-28)66-26-54-42(58)22-53-50(62)65-24-35-32-16-10-8-14-30(32)31-15-9-11-17-33(31)35/h5-17,20-21,35,40,46,63H,4,18-19,22-26H2,1-3H3,(H,53,62)(H,54,58)/t40-,46?,51-/m0/s1. The molecule has 3 N–H and O–H groups in total. The van der Waals surface area contributed by atoms with Gasteiger partial charge in [-0.3, -0.25) is 14.4 Å². The van der Waals surface area contributed by atoms with Crippen LogP contribution in [0.25, 0.3) is 33.4 Å². The average Bonchev–Trinajstić information content (AvgIpc) is 3.87. The van der Waals surface area contributed by atoms with Crippen LogP contribution in [0.4, 0.5) is 9.18 Å². The Bertz CT molecular complexity index is 3040. The van der Waals surface area contributed by atoms with Crippen LogP contribution in [0.5, 0.6) is 0 Å². The number of fused-ring (bicyclic) bond motifs is 8. The van der Waals surface area contributed by atoms with Crippen LogP contribution in [0.15, 0.2) is 95.8 Å². The highest BCUT2D eigenvalue weighted by Crippen LogP contribution is 2.48. The van der Waals surface area contributed by atoms with Crippen molar-refractivity contribution in [2.75, 3.05) is 26.9 Å². The van der Waals surface area contributed by atoms with Crippen molar-refractivity contribution < 1.29 is 42.9 Å². The molecule has 15 heteroatoms. The molecule has 3 amide bonds. The normalized spacial score (nSPS) is 18.0. The Hall–Kier alpha value is -7.23. The number of halogens is 1. The van der Waals surface area contributed by atoms with E-state index in [0.29, 0.717) is 57.4 Å². The Morgan fingerprint density at radius 3 is 2.38 bits per heavy atom. The number of carbonyl (C=O) groups is 4. The van der Waals surface area contributed by atoms with E-state index < -0.39 is 59.5 Å². The maximum Gasteiger partial charge on any atom is 0.407 e. The van der Waals surface area contributed by atoms with E-state index in [1.54, 1.807) is 56.1 Å². The predicted octanol–water partition coefficient (Wildman–Crippen LogP) is 6.34. The highest BCUT2D eigenvalue weighted by molar-refractivity contribution is 5.94. The summed E-state index contributed by atoms with van der Waals surface area (Å²) >= 11 is 0. The third-order valence-electron chi connectivity index (χ3n) is 13.7. The van der Waals surface area contributed by atoms with Gasteiger partial charge in [0.25, 0.3) is 11.5 Å². The van der Waals surface area contributed by atoms with Crippen LogP contribution in [-0.2, 0) is 53.8 Å². The fourth-order valence-corrected chi connectivity index (χ4v) is 10.3. The average molecular weight is 892 g/mol. The molecule has 0 saturated carbocycles. The van der Waals surface area contributed by atoms with Gasteiger partial charge in [0, 0.05) is 35.5 Å². The van der Waals surface area contributed by atoms with Crippen molar-refractivity contribution in [3.05, 3.63) is 157 Å². The lowest BCUT2D eigenvalue weighted by atomic mass is 9.81. The second kappa shape index (κ2) is 16.6. The lowest BCUT2D eigenvalue weighted by molar-refractivity contribution is -0.172. The van der Waals surface area contributed by atoms with E-state index in [2.05, 4.69) is 10.6 Å². The van der Waals surface area contributed by atoms with Gasteiger partial charge in [-0.05, 0) is 76.8 Å². The van der Waals surface area contributed by atoms with Gasteiger partial charge in [-0.1, -0.05) is 85.8 Å². The number of aliphatic hydroxyl groups is 1. The molecule has 0 saturated heterocycles. The number of alkyl carbamates (subject to hydrolysis) is 1. The zero-order valence-electron chi connectivity index (χ0n) is 36.5. The van der Waals surface area contributed by atoms with Crippen molar-refractivity contribution in [3.8, 4) is 22.5 Å². The number of esters is 1. The number of amides is 3. The molecule has 2 aromatic heterocycles. The molecule has 10 rings (SSSR count). The van der Waals surface area contributed by atoms with Gasteiger partial charge in [0.1, 0.15) is 32.3 Å². The number of nitrogens with one attached hydrogen (secondary N) is 2. The van der Waals surface area contributed by atoms with Crippen LogP contribution in [0.3, 0.4) is 0 Å². The second-order valence-electron chi connectivity index (χ2n) is 17.2. The molecule has 3 atom stereocenters. The van der Waals surface area contributed by atoms with Gasteiger partial charge in [-0.2, -0.15) is 0 Å². The lowest BCUT2D eigenvalue weighted by Gasteiger charge is -2.36. The maximum absolute atomic E-state index is 15.6. The van der Waals surface area contributed by atoms with E-state index in [1.807, 2.05) is 54.6 Å². The first-order valence-electron chi connectivity index (χ1n) is 22.0. The van der Waals surface area contributed by atoms with Crippen LogP contribution in [-0.4, -0.2) is 70.4 Å². The number of nitrogens with zero attached hydrogens (tertiary/aromatic N) is 3. The zero-order chi connectivity index (χ0) is 46.0. The van der Waals surface area contributed by atoms with E-state index in [9.17, 15) is 29.1 Å². The molecule has 0 fully saturated rings. The van der Waals surface area contributed by atoms with Crippen molar-refractivity contribution >= 4 is 34.8 Å². The third-order valence-corrected chi connectivity index (χ3v) is 13.7. The lowest BCUT2D eigenvalue weighted by Crippen LogP contribution is -2.44. The third kappa shape index (κ3) is 6.92. The highest BCUT2D eigenvalue weighted by atomic mass is 19.1. The molecule has 4 aromatic carbocycles. The quantitative estimate of drug-likeness (QED) is 0.0981. The van der Waals surface area contributed by atoms with E-state index in [4.69, 9.17) is 19.2 Å². The van der Waals surface area contributed by atoms with E-state index in [0.717, 1.165) is 27.8 Å². The fourth-order valence-electron chi connectivity index (χ4n) is 10.3. The smallest absolute Gasteiger partial charge is 0.407 e. The summed E-state index contributed by atoms with van der Waals surface area (Å²) < 4.78 is 34.1. The summed E-state index contributed by atoms with van der Waals surface area (Å²) in [6, 6.07) is 27.2. The minimum Gasteiger partial charge on any atom is -0.458 e. The summed E-state index contributed by atoms with van der Waals surface area (Å²) in [6.45, 7) is 2.45. The number of benzene rings is 4. The first-order chi connectivity index (χ1) is 31.9. The molecule has 1 unspecified atom stereocenters. The molecule has 2 aliphatic heterocycles. The molecule has 66 heavy (non-hydrogen) atoms. The predicted molar refractivity (Wildman–Crippen MR) is 239 cm³/mol. The Morgan fingerprint density at radius 1 is 0.970 bits per heavy atom. The number of rotatable bonds is 11. The van der Waals surface area contributed by atoms with E-state index in [1.165, 1.54) is 10.6 Å². The molecule has 6 aromatic rings. The number of pyridine rings is 2. The van der Waals surface area contributed by atoms with Crippen LogP contribution < -0.4 is 16.2 Å². The molecular formula is C51H46FN5O9. The molecule has 0 bridgehead atoms. The number of aryl methyl sites for hydroxylation is 1. The molecule has 0 spiro atoms. The Labute approximate surface area is 378 Å². The van der Waals surface area contributed by atoms with Crippen molar-refractivity contribution in [2.24, 2.45) is 0 Å². The zero-order valence-corrected chi connectivity index (χ0v) is 36.5. The summed E-state index contributed by atoms with van der Waals surface area (Å²) in [5, 5.41) is 17.3. The number of carbonyl (C=O) groups excluding carboxylic acids is 4. The first kappa shape index (κ1) is 42.7. The fraction of sp³-hybridized carbons (Fsp3) is 0.294. The molecule has 4 aliphatic rings. The molecular weight excluding hydrogens is 846 g/mol. The van der Waals surface area contributed by atoms with Crippen molar-refractivity contribution in [1.29, 1.82) is 0 Å². The van der Waals surface area contributed by atoms with Gasteiger partial charge in [0.05, 0.1) is 35.1 Å².